The standard InChI is InChI=1S/C13H14N6S/c14-13-18-11-10(15-6-16-11)12(19-13)17-8-2-1-3-9-7(8)4-5-20-9/h4-6,8H,1-3H2,(H4,14,15,16,17,18,19). The molecule has 6 nitrogen and oxygen atoms in total. The molecule has 0 fully saturated rings. The van der Waals surface area contributed by atoms with E-state index in [2.05, 4.69) is 36.7 Å². The van der Waals surface area contributed by atoms with Gasteiger partial charge < -0.3 is 16.0 Å². The molecule has 0 radical (unpaired) electrons. The second-order valence-corrected chi connectivity index (χ2v) is 5.92. The first-order chi connectivity index (χ1) is 9.81. The quantitative estimate of drug-likeness (QED) is 0.673. The molecule has 3 aromatic rings. The van der Waals surface area contributed by atoms with Crippen LogP contribution in [0.2, 0.25) is 0 Å². The summed E-state index contributed by atoms with van der Waals surface area (Å²) in [6.45, 7) is 0. The number of nitrogen functional groups attached to an aromatic ring is 1. The Morgan fingerprint density at radius 1 is 1.40 bits per heavy atom. The third kappa shape index (κ3) is 1.82. The second-order valence-electron chi connectivity index (χ2n) is 4.92. The number of hydrogen-bond acceptors (Lipinski definition) is 6. The summed E-state index contributed by atoms with van der Waals surface area (Å²) in [4.78, 5) is 17.1. The molecule has 102 valence electrons. The fourth-order valence-corrected chi connectivity index (χ4v) is 3.74. The largest absolute Gasteiger partial charge is 0.368 e. The maximum atomic E-state index is 5.75. The fraction of sp³-hybridized carbons (Fsp3) is 0.308. The van der Waals surface area contributed by atoms with Crippen molar-refractivity contribution in [2.24, 2.45) is 0 Å². The molecule has 0 amide bonds. The number of thiophene rings is 1. The van der Waals surface area contributed by atoms with E-state index < -0.39 is 0 Å². The van der Waals surface area contributed by atoms with E-state index in [1.807, 2.05) is 11.3 Å². The van der Waals surface area contributed by atoms with Crippen molar-refractivity contribution < 1.29 is 0 Å². The van der Waals surface area contributed by atoms with Gasteiger partial charge in [0, 0.05) is 4.88 Å². The molecule has 1 aliphatic rings. The van der Waals surface area contributed by atoms with Crippen molar-refractivity contribution in [2.45, 2.75) is 25.3 Å². The van der Waals surface area contributed by atoms with Crippen LogP contribution in [0.3, 0.4) is 0 Å². The number of nitrogens with one attached hydrogen (secondary N) is 2. The van der Waals surface area contributed by atoms with Crippen molar-refractivity contribution in [3.05, 3.63) is 28.2 Å². The van der Waals surface area contributed by atoms with E-state index in [4.69, 9.17) is 5.73 Å². The second kappa shape index (κ2) is 4.45. The number of aryl methyl sites for hydroxylation is 1. The van der Waals surface area contributed by atoms with Crippen LogP contribution >= 0.6 is 11.3 Å². The van der Waals surface area contributed by atoms with Crippen LogP contribution in [-0.4, -0.2) is 19.9 Å². The summed E-state index contributed by atoms with van der Waals surface area (Å²) in [7, 11) is 0. The number of anilines is 2. The van der Waals surface area contributed by atoms with E-state index in [-0.39, 0.29) is 12.0 Å². The summed E-state index contributed by atoms with van der Waals surface area (Å²) >= 11 is 1.83. The molecule has 0 bridgehead atoms. The number of nitrogens with two attached hydrogens (primary N) is 1. The number of aromatic nitrogens is 4. The molecular formula is C13H14N6S. The minimum Gasteiger partial charge on any atom is -0.368 e. The first kappa shape index (κ1) is 11.7. The molecule has 3 heterocycles. The summed E-state index contributed by atoms with van der Waals surface area (Å²) in [6.07, 6.45) is 5.08. The Kier molecular flexibility index (Phi) is 2.59. The average Bonchev–Trinajstić information content (AvgIpc) is 3.06. The van der Waals surface area contributed by atoms with Gasteiger partial charge in [0.2, 0.25) is 5.95 Å². The van der Waals surface area contributed by atoms with E-state index in [1.165, 1.54) is 23.3 Å². The summed E-state index contributed by atoms with van der Waals surface area (Å²) in [5, 5.41) is 5.65. The van der Waals surface area contributed by atoms with E-state index in [0.717, 1.165) is 17.8 Å². The van der Waals surface area contributed by atoms with Gasteiger partial charge in [-0.3, -0.25) is 0 Å². The fourth-order valence-electron chi connectivity index (χ4n) is 2.76. The van der Waals surface area contributed by atoms with E-state index in [1.54, 1.807) is 6.33 Å². The Balaban J connectivity index is 1.74. The molecule has 3 aromatic heterocycles. The van der Waals surface area contributed by atoms with Crippen molar-refractivity contribution in [3.63, 3.8) is 0 Å². The van der Waals surface area contributed by atoms with Gasteiger partial charge in [-0.15, -0.1) is 11.3 Å². The number of hydrogen-bond donors (Lipinski definition) is 3. The Bertz CT molecular complexity index is 761. The highest BCUT2D eigenvalue weighted by molar-refractivity contribution is 7.10. The normalized spacial score (nSPS) is 18.1. The van der Waals surface area contributed by atoms with E-state index in [9.17, 15) is 0 Å². The van der Waals surface area contributed by atoms with Crippen molar-refractivity contribution in [1.82, 2.24) is 19.9 Å². The predicted octanol–water partition coefficient (Wildman–Crippen LogP) is 2.49. The first-order valence-corrected chi connectivity index (χ1v) is 7.48. The number of fused-ring (bicyclic) bond motifs is 2. The Hall–Kier alpha value is -2.15. The highest BCUT2D eigenvalue weighted by atomic mass is 32.1. The van der Waals surface area contributed by atoms with Crippen molar-refractivity contribution in [2.75, 3.05) is 11.1 Å². The Morgan fingerprint density at radius 2 is 2.35 bits per heavy atom. The maximum absolute atomic E-state index is 5.75. The number of imidazole rings is 1. The summed E-state index contributed by atoms with van der Waals surface area (Å²) in [5.74, 6) is 0.975. The summed E-state index contributed by atoms with van der Waals surface area (Å²) in [6, 6.07) is 2.48. The molecule has 4 rings (SSSR count). The summed E-state index contributed by atoms with van der Waals surface area (Å²) in [5.41, 5.74) is 8.54. The lowest BCUT2D eigenvalue weighted by Crippen LogP contribution is -2.17. The number of aromatic amines is 1. The van der Waals surface area contributed by atoms with Gasteiger partial charge in [-0.25, -0.2) is 4.98 Å². The highest BCUT2D eigenvalue weighted by Crippen LogP contribution is 2.36. The smallest absolute Gasteiger partial charge is 0.224 e. The van der Waals surface area contributed by atoms with Gasteiger partial charge in [-0.1, -0.05) is 0 Å². The zero-order chi connectivity index (χ0) is 13.5. The molecule has 4 N–H and O–H groups in total. The zero-order valence-electron chi connectivity index (χ0n) is 10.8. The molecule has 1 unspecified atom stereocenters. The number of nitrogens with zero attached hydrogens (tertiary/aromatic N) is 3. The van der Waals surface area contributed by atoms with Crippen molar-refractivity contribution in [3.8, 4) is 0 Å². The molecule has 0 aromatic carbocycles. The van der Waals surface area contributed by atoms with Gasteiger partial charge in [0.1, 0.15) is 5.52 Å². The van der Waals surface area contributed by atoms with Crippen LogP contribution in [0, 0.1) is 0 Å². The monoisotopic (exact) mass is 286 g/mol. The van der Waals surface area contributed by atoms with Crippen molar-refractivity contribution >= 4 is 34.3 Å². The predicted molar refractivity (Wildman–Crippen MR) is 79.7 cm³/mol. The SMILES string of the molecule is Nc1nc(NC2CCCc3sccc32)c2[nH]cnc2n1. The minimum atomic E-state index is 0.244. The Morgan fingerprint density at radius 3 is 3.30 bits per heavy atom. The van der Waals surface area contributed by atoms with Gasteiger partial charge in [-0.2, -0.15) is 9.97 Å². The van der Waals surface area contributed by atoms with E-state index >= 15 is 0 Å². The number of H-pyrrole nitrogens is 1. The molecule has 20 heavy (non-hydrogen) atoms. The average molecular weight is 286 g/mol. The van der Waals surface area contributed by atoms with Gasteiger partial charge in [0.05, 0.1) is 12.4 Å². The van der Waals surface area contributed by atoms with Crippen LogP contribution in [0.4, 0.5) is 11.8 Å². The molecule has 0 aliphatic heterocycles. The lowest BCUT2D eigenvalue weighted by atomic mass is 9.94. The lowest BCUT2D eigenvalue weighted by Gasteiger charge is -2.24. The third-order valence-corrected chi connectivity index (χ3v) is 4.66. The van der Waals surface area contributed by atoms with Gasteiger partial charge in [-0.05, 0) is 36.3 Å². The van der Waals surface area contributed by atoms with Crippen LogP contribution in [0.15, 0.2) is 17.8 Å². The molecule has 1 aliphatic carbocycles. The van der Waals surface area contributed by atoms with Crippen LogP contribution in [-0.2, 0) is 6.42 Å². The topological polar surface area (TPSA) is 92.5 Å². The minimum absolute atomic E-state index is 0.244. The van der Waals surface area contributed by atoms with Crippen LogP contribution in [0.5, 0.6) is 0 Å². The molecule has 1 atom stereocenters. The molecule has 0 saturated heterocycles. The molecule has 0 saturated carbocycles. The highest BCUT2D eigenvalue weighted by Gasteiger charge is 2.22. The third-order valence-electron chi connectivity index (χ3n) is 3.67. The van der Waals surface area contributed by atoms with Gasteiger partial charge >= 0.3 is 0 Å². The van der Waals surface area contributed by atoms with Gasteiger partial charge in [0.25, 0.3) is 0 Å². The van der Waals surface area contributed by atoms with Gasteiger partial charge in [0.15, 0.2) is 11.5 Å². The van der Waals surface area contributed by atoms with E-state index in [0.29, 0.717) is 5.65 Å². The molecular weight excluding hydrogens is 272 g/mol. The van der Waals surface area contributed by atoms with Crippen molar-refractivity contribution in [1.29, 1.82) is 0 Å². The van der Waals surface area contributed by atoms with Crippen LogP contribution < -0.4 is 11.1 Å². The lowest BCUT2D eigenvalue weighted by molar-refractivity contribution is 0.607. The Labute approximate surface area is 119 Å². The molecule has 0 spiro atoms. The van der Waals surface area contributed by atoms with Crippen LogP contribution in [0.1, 0.15) is 29.3 Å². The molecule has 7 heteroatoms. The maximum Gasteiger partial charge on any atom is 0.224 e. The first-order valence-electron chi connectivity index (χ1n) is 6.60. The summed E-state index contributed by atoms with van der Waals surface area (Å²) < 4.78 is 0. The zero-order valence-corrected chi connectivity index (χ0v) is 11.6. The number of rotatable bonds is 2. The van der Waals surface area contributed by atoms with Crippen LogP contribution in [0.25, 0.3) is 11.2 Å².